The molecule has 0 spiro atoms. The van der Waals surface area contributed by atoms with Crippen molar-refractivity contribution in [2.24, 2.45) is 7.05 Å². The van der Waals surface area contributed by atoms with Crippen LogP contribution in [0.25, 0.3) is 11.0 Å². The van der Waals surface area contributed by atoms with Crippen LogP contribution < -0.4 is 5.32 Å². The van der Waals surface area contributed by atoms with Crippen molar-refractivity contribution >= 4 is 22.8 Å². The molecule has 7 nitrogen and oxygen atoms in total. The van der Waals surface area contributed by atoms with Gasteiger partial charge < -0.3 is 14.8 Å². The summed E-state index contributed by atoms with van der Waals surface area (Å²) in [4.78, 5) is 36.2. The van der Waals surface area contributed by atoms with E-state index in [0.29, 0.717) is 30.9 Å². The van der Waals surface area contributed by atoms with Crippen molar-refractivity contribution in [3.05, 3.63) is 96.1 Å². The molecule has 2 amide bonds. The standard InChI is InChI=1S/C26H27N5O2/c1-30(26(33)24-29-21-12-6-7-14-23(21)31(24)2)20(18-19-10-4-3-5-11-19)15-17-28-25(32)22-13-8-9-16-27-22/h3-14,16,20H,15,17-18H2,1-2H3,(H,28,32). The van der Waals surface area contributed by atoms with E-state index < -0.39 is 0 Å². The van der Waals surface area contributed by atoms with Gasteiger partial charge in [0.2, 0.25) is 0 Å². The molecule has 2 aromatic carbocycles. The highest BCUT2D eigenvalue weighted by molar-refractivity contribution is 5.95. The normalized spacial score (nSPS) is 11.8. The van der Waals surface area contributed by atoms with Crippen LogP contribution in [0.15, 0.2) is 79.0 Å². The lowest BCUT2D eigenvalue weighted by Crippen LogP contribution is -2.42. The zero-order valence-electron chi connectivity index (χ0n) is 18.8. The molecule has 1 atom stereocenters. The van der Waals surface area contributed by atoms with Crippen LogP contribution in [0.4, 0.5) is 0 Å². The number of benzene rings is 2. The first-order valence-corrected chi connectivity index (χ1v) is 11.0. The molecule has 0 aliphatic rings. The Bertz CT molecular complexity index is 1240. The monoisotopic (exact) mass is 441 g/mol. The number of nitrogens with one attached hydrogen (secondary N) is 1. The Morgan fingerprint density at radius 3 is 2.45 bits per heavy atom. The highest BCUT2D eigenvalue weighted by Gasteiger charge is 2.25. The highest BCUT2D eigenvalue weighted by atomic mass is 16.2. The third-order valence-electron chi connectivity index (χ3n) is 5.82. The van der Waals surface area contributed by atoms with Crippen LogP contribution in [-0.2, 0) is 13.5 Å². The average Bonchev–Trinajstić information content (AvgIpc) is 3.20. The number of rotatable bonds is 8. The molecule has 168 valence electrons. The van der Waals surface area contributed by atoms with Crippen LogP contribution in [0.1, 0.15) is 33.1 Å². The maximum absolute atomic E-state index is 13.4. The summed E-state index contributed by atoms with van der Waals surface area (Å²) in [6.07, 6.45) is 2.86. The molecule has 0 aliphatic carbocycles. The van der Waals surface area contributed by atoms with Crippen LogP contribution >= 0.6 is 0 Å². The van der Waals surface area contributed by atoms with Gasteiger partial charge in [0.1, 0.15) is 5.69 Å². The van der Waals surface area contributed by atoms with Gasteiger partial charge in [0.05, 0.1) is 11.0 Å². The third-order valence-corrected chi connectivity index (χ3v) is 5.82. The number of aryl methyl sites for hydroxylation is 1. The van der Waals surface area contributed by atoms with Crippen molar-refractivity contribution in [1.29, 1.82) is 0 Å². The molecular weight excluding hydrogens is 414 g/mol. The molecule has 0 saturated carbocycles. The second kappa shape index (κ2) is 10.1. The number of amides is 2. The smallest absolute Gasteiger partial charge is 0.289 e. The van der Waals surface area contributed by atoms with Gasteiger partial charge >= 0.3 is 0 Å². The number of hydrogen-bond donors (Lipinski definition) is 1. The molecule has 33 heavy (non-hydrogen) atoms. The maximum atomic E-state index is 13.4. The van der Waals surface area contributed by atoms with Gasteiger partial charge in [-0.2, -0.15) is 0 Å². The third kappa shape index (κ3) is 5.09. The fourth-order valence-electron chi connectivity index (χ4n) is 3.92. The Morgan fingerprint density at radius 2 is 1.73 bits per heavy atom. The number of fused-ring (bicyclic) bond motifs is 1. The SMILES string of the molecule is CN(C(=O)c1nc2ccccc2n1C)C(CCNC(=O)c1ccccn1)Cc1ccccc1. The molecule has 4 rings (SSSR count). The minimum Gasteiger partial charge on any atom is -0.351 e. The lowest BCUT2D eigenvalue weighted by atomic mass is 10.0. The number of carbonyl (C=O) groups is 2. The summed E-state index contributed by atoms with van der Waals surface area (Å²) in [5, 5.41) is 2.92. The minimum atomic E-state index is -0.224. The lowest BCUT2D eigenvalue weighted by molar-refractivity contribution is 0.0707. The number of pyridine rings is 1. The van der Waals surface area contributed by atoms with Crippen molar-refractivity contribution in [2.75, 3.05) is 13.6 Å². The summed E-state index contributed by atoms with van der Waals surface area (Å²) in [6.45, 7) is 0.424. The molecule has 0 bridgehead atoms. The lowest BCUT2D eigenvalue weighted by Gasteiger charge is -2.28. The van der Waals surface area contributed by atoms with E-state index in [1.54, 1.807) is 36.3 Å². The Morgan fingerprint density at radius 1 is 1.00 bits per heavy atom. The van der Waals surface area contributed by atoms with Crippen molar-refractivity contribution < 1.29 is 9.59 Å². The largest absolute Gasteiger partial charge is 0.351 e. The number of nitrogens with zero attached hydrogens (tertiary/aromatic N) is 4. The first-order valence-electron chi connectivity index (χ1n) is 11.0. The highest BCUT2D eigenvalue weighted by Crippen LogP contribution is 2.18. The molecule has 0 saturated heterocycles. The molecular formula is C26H27N5O2. The Kier molecular flexibility index (Phi) is 6.78. The fourth-order valence-corrected chi connectivity index (χ4v) is 3.92. The molecule has 0 fully saturated rings. The minimum absolute atomic E-state index is 0.122. The van der Waals surface area contributed by atoms with Gasteiger partial charge in [-0.15, -0.1) is 0 Å². The van der Waals surface area contributed by atoms with E-state index in [1.165, 1.54) is 0 Å². The first kappa shape index (κ1) is 22.2. The predicted octanol–water partition coefficient (Wildman–Crippen LogP) is 3.47. The summed E-state index contributed by atoms with van der Waals surface area (Å²) in [7, 11) is 3.66. The number of para-hydroxylation sites is 2. The zero-order chi connectivity index (χ0) is 23.2. The quantitative estimate of drug-likeness (QED) is 0.454. The molecule has 1 unspecified atom stereocenters. The van der Waals surface area contributed by atoms with E-state index in [1.807, 2.05) is 66.2 Å². The summed E-state index contributed by atoms with van der Waals surface area (Å²) in [5.41, 5.74) is 3.21. The van der Waals surface area contributed by atoms with Crippen LogP contribution in [0.5, 0.6) is 0 Å². The first-order chi connectivity index (χ1) is 16.0. The molecule has 0 aliphatic heterocycles. The summed E-state index contributed by atoms with van der Waals surface area (Å²) in [5.74, 6) is 0.0263. The number of imidazole rings is 1. The van der Waals surface area contributed by atoms with E-state index in [0.717, 1.165) is 16.6 Å². The molecule has 4 aromatic rings. The van der Waals surface area contributed by atoms with Gasteiger partial charge in [-0.3, -0.25) is 14.6 Å². The topological polar surface area (TPSA) is 80.1 Å². The predicted molar refractivity (Wildman–Crippen MR) is 128 cm³/mol. The molecule has 7 heteroatoms. The van der Waals surface area contributed by atoms with Crippen molar-refractivity contribution in [2.45, 2.75) is 18.9 Å². The zero-order valence-corrected chi connectivity index (χ0v) is 18.8. The van der Waals surface area contributed by atoms with Crippen LogP contribution in [-0.4, -0.2) is 50.9 Å². The van der Waals surface area contributed by atoms with Crippen LogP contribution in [0.2, 0.25) is 0 Å². The number of hydrogen-bond acceptors (Lipinski definition) is 4. The average molecular weight is 442 g/mol. The van der Waals surface area contributed by atoms with E-state index >= 15 is 0 Å². The van der Waals surface area contributed by atoms with Gasteiger partial charge in [-0.1, -0.05) is 48.5 Å². The summed E-state index contributed by atoms with van der Waals surface area (Å²) >= 11 is 0. The van der Waals surface area contributed by atoms with Crippen LogP contribution in [0, 0.1) is 0 Å². The van der Waals surface area contributed by atoms with Crippen LogP contribution in [0.3, 0.4) is 0 Å². The number of likely N-dealkylation sites (N-methyl/N-ethyl adjacent to an activating group) is 1. The van der Waals surface area contributed by atoms with Gasteiger partial charge in [-0.25, -0.2) is 4.98 Å². The van der Waals surface area contributed by atoms with Gasteiger partial charge in [0, 0.05) is 32.9 Å². The molecule has 0 radical (unpaired) electrons. The van der Waals surface area contributed by atoms with Gasteiger partial charge in [0.25, 0.3) is 11.8 Å². The van der Waals surface area contributed by atoms with E-state index in [2.05, 4.69) is 15.3 Å². The Hall–Kier alpha value is -4.00. The van der Waals surface area contributed by atoms with Gasteiger partial charge in [0.15, 0.2) is 5.82 Å². The van der Waals surface area contributed by atoms with E-state index in [4.69, 9.17) is 0 Å². The summed E-state index contributed by atoms with van der Waals surface area (Å²) < 4.78 is 1.83. The Balaban J connectivity index is 1.51. The molecule has 2 heterocycles. The van der Waals surface area contributed by atoms with Gasteiger partial charge in [-0.05, 0) is 42.7 Å². The van der Waals surface area contributed by atoms with E-state index in [-0.39, 0.29) is 17.9 Å². The van der Waals surface area contributed by atoms with Crippen molar-refractivity contribution in [3.63, 3.8) is 0 Å². The number of carbonyl (C=O) groups excluding carboxylic acids is 2. The van der Waals surface area contributed by atoms with E-state index in [9.17, 15) is 9.59 Å². The molecule has 1 N–H and O–H groups in total. The number of aromatic nitrogens is 3. The Labute approximate surface area is 193 Å². The summed E-state index contributed by atoms with van der Waals surface area (Å²) in [6, 6.07) is 22.9. The second-order valence-electron chi connectivity index (χ2n) is 8.00. The maximum Gasteiger partial charge on any atom is 0.289 e. The van der Waals surface area contributed by atoms with Crippen molar-refractivity contribution in [3.8, 4) is 0 Å². The molecule has 2 aromatic heterocycles. The fraction of sp³-hybridized carbons (Fsp3) is 0.231. The second-order valence-corrected chi connectivity index (χ2v) is 8.00. The van der Waals surface area contributed by atoms with Crippen molar-refractivity contribution in [1.82, 2.24) is 24.8 Å².